The summed E-state index contributed by atoms with van der Waals surface area (Å²) in [6, 6.07) is 10.2. The number of hydrogen-bond donors (Lipinski definition) is 1. The molecule has 0 aliphatic heterocycles. The summed E-state index contributed by atoms with van der Waals surface area (Å²) in [7, 11) is 0. The van der Waals surface area contributed by atoms with Gasteiger partial charge in [0.1, 0.15) is 5.75 Å². The number of thioether (sulfide) groups is 1. The first-order chi connectivity index (χ1) is 10.1. The van der Waals surface area contributed by atoms with Crippen molar-refractivity contribution in [2.75, 3.05) is 6.26 Å². The van der Waals surface area contributed by atoms with E-state index >= 15 is 0 Å². The molecule has 0 spiro atoms. The zero-order chi connectivity index (χ0) is 15.2. The highest BCUT2D eigenvalue weighted by Crippen LogP contribution is 2.31. The first kappa shape index (κ1) is 16.1. The summed E-state index contributed by atoms with van der Waals surface area (Å²) in [6.45, 7) is 4.89. The first-order valence-corrected chi connectivity index (χ1v) is 8.39. The van der Waals surface area contributed by atoms with Gasteiger partial charge in [-0.05, 0) is 24.0 Å². The molecule has 0 radical (unpaired) electrons. The van der Waals surface area contributed by atoms with Crippen molar-refractivity contribution in [3.8, 4) is 11.6 Å². The van der Waals surface area contributed by atoms with E-state index < -0.39 is 0 Å². The predicted molar refractivity (Wildman–Crippen MR) is 89.5 cm³/mol. The number of pyridine rings is 1. The quantitative estimate of drug-likeness (QED) is 0.778. The molecular formula is C16H19ClN2OS. The molecule has 1 N–H and O–H groups in total. The Labute approximate surface area is 135 Å². The molecule has 0 fully saturated rings. The van der Waals surface area contributed by atoms with Crippen LogP contribution in [0.25, 0.3) is 0 Å². The fraction of sp³-hybridized carbons (Fsp3) is 0.312. The molecule has 0 unspecified atom stereocenters. The van der Waals surface area contributed by atoms with Crippen molar-refractivity contribution in [1.82, 2.24) is 10.3 Å². The van der Waals surface area contributed by atoms with Crippen molar-refractivity contribution in [1.29, 1.82) is 0 Å². The molecule has 21 heavy (non-hydrogen) atoms. The van der Waals surface area contributed by atoms with Gasteiger partial charge < -0.3 is 10.1 Å². The summed E-state index contributed by atoms with van der Waals surface area (Å²) >= 11 is 7.82. The van der Waals surface area contributed by atoms with Gasteiger partial charge in [0, 0.05) is 29.7 Å². The molecule has 0 bridgehead atoms. The van der Waals surface area contributed by atoms with Gasteiger partial charge in [-0.25, -0.2) is 4.98 Å². The highest BCUT2D eigenvalue weighted by molar-refractivity contribution is 7.98. The maximum Gasteiger partial charge on any atom is 0.219 e. The number of nitrogens with zero attached hydrogens (tertiary/aromatic N) is 1. The van der Waals surface area contributed by atoms with Gasteiger partial charge >= 0.3 is 0 Å². The molecule has 5 heteroatoms. The second-order valence-corrected chi connectivity index (χ2v) is 6.16. The van der Waals surface area contributed by atoms with Gasteiger partial charge in [0.25, 0.3) is 0 Å². The van der Waals surface area contributed by atoms with Gasteiger partial charge in [0.2, 0.25) is 5.88 Å². The van der Waals surface area contributed by atoms with Gasteiger partial charge in [-0.3, -0.25) is 0 Å². The third-order valence-corrected chi connectivity index (χ3v) is 4.01. The lowest BCUT2D eigenvalue weighted by molar-refractivity contribution is 0.451. The third-order valence-electron chi connectivity index (χ3n) is 2.89. The van der Waals surface area contributed by atoms with E-state index in [9.17, 15) is 0 Å². The SMILES string of the molecule is CSc1ccccc1Oc1cc(CNC(C)C)c(Cl)cn1. The van der Waals surface area contributed by atoms with Crippen LogP contribution in [0.1, 0.15) is 19.4 Å². The molecule has 0 saturated heterocycles. The van der Waals surface area contributed by atoms with Crippen LogP contribution < -0.4 is 10.1 Å². The predicted octanol–water partition coefficient (Wildman–Crippen LogP) is 4.75. The van der Waals surface area contributed by atoms with Crippen LogP contribution in [0.15, 0.2) is 41.4 Å². The largest absolute Gasteiger partial charge is 0.438 e. The van der Waals surface area contributed by atoms with Crippen molar-refractivity contribution in [2.24, 2.45) is 0 Å². The summed E-state index contributed by atoms with van der Waals surface area (Å²) in [5, 5.41) is 3.99. The lowest BCUT2D eigenvalue weighted by Crippen LogP contribution is -2.22. The summed E-state index contributed by atoms with van der Waals surface area (Å²) in [6.07, 6.45) is 3.66. The Morgan fingerprint density at radius 2 is 2.10 bits per heavy atom. The van der Waals surface area contributed by atoms with Crippen molar-refractivity contribution in [2.45, 2.75) is 31.3 Å². The molecule has 3 nitrogen and oxygen atoms in total. The van der Waals surface area contributed by atoms with E-state index in [-0.39, 0.29) is 0 Å². The lowest BCUT2D eigenvalue weighted by Gasteiger charge is -2.12. The summed E-state index contributed by atoms with van der Waals surface area (Å²) in [4.78, 5) is 5.33. The number of rotatable bonds is 6. The number of aromatic nitrogens is 1. The molecule has 0 atom stereocenters. The number of para-hydroxylation sites is 1. The fourth-order valence-corrected chi connectivity index (χ4v) is 2.48. The van der Waals surface area contributed by atoms with Crippen LogP contribution in [-0.2, 0) is 6.54 Å². The topological polar surface area (TPSA) is 34.1 Å². The molecule has 0 aliphatic rings. The fourth-order valence-electron chi connectivity index (χ4n) is 1.78. The van der Waals surface area contributed by atoms with E-state index in [1.54, 1.807) is 18.0 Å². The van der Waals surface area contributed by atoms with Crippen LogP contribution in [0.5, 0.6) is 11.6 Å². The third kappa shape index (κ3) is 4.63. The minimum absolute atomic E-state index is 0.399. The Kier molecular flexibility index (Phi) is 5.91. The van der Waals surface area contributed by atoms with Gasteiger partial charge in [-0.15, -0.1) is 11.8 Å². The average Bonchev–Trinajstić information content (AvgIpc) is 2.48. The van der Waals surface area contributed by atoms with Crippen molar-refractivity contribution in [3.05, 3.63) is 47.1 Å². The number of benzene rings is 1. The minimum Gasteiger partial charge on any atom is -0.438 e. The second kappa shape index (κ2) is 7.69. The molecule has 112 valence electrons. The second-order valence-electron chi connectivity index (χ2n) is 4.90. The van der Waals surface area contributed by atoms with E-state index in [2.05, 4.69) is 24.1 Å². The standard InChI is InChI=1S/C16H19ClN2OS/c1-11(2)18-9-12-8-16(19-10-13(12)17)20-14-6-4-5-7-15(14)21-3/h4-8,10-11,18H,9H2,1-3H3. The van der Waals surface area contributed by atoms with Crippen LogP contribution in [0, 0.1) is 0 Å². The van der Waals surface area contributed by atoms with Gasteiger partial charge in [0.15, 0.2) is 0 Å². The van der Waals surface area contributed by atoms with Crippen LogP contribution in [0.4, 0.5) is 0 Å². The van der Waals surface area contributed by atoms with Crippen molar-refractivity contribution < 1.29 is 4.74 Å². The van der Waals surface area contributed by atoms with Crippen LogP contribution in [-0.4, -0.2) is 17.3 Å². The zero-order valence-corrected chi connectivity index (χ0v) is 14.0. The molecular weight excluding hydrogens is 304 g/mol. The number of halogens is 1. The molecule has 0 saturated carbocycles. The highest BCUT2D eigenvalue weighted by Gasteiger charge is 2.08. The molecule has 1 aromatic heterocycles. The van der Waals surface area contributed by atoms with Crippen LogP contribution >= 0.6 is 23.4 Å². The first-order valence-electron chi connectivity index (χ1n) is 6.79. The summed E-state index contributed by atoms with van der Waals surface area (Å²) < 4.78 is 5.88. The Bertz CT molecular complexity index is 605. The summed E-state index contributed by atoms with van der Waals surface area (Å²) in [5.41, 5.74) is 0.983. The maximum absolute atomic E-state index is 6.18. The molecule has 0 aliphatic carbocycles. The van der Waals surface area contributed by atoms with E-state index in [4.69, 9.17) is 16.3 Å². The molecule has 1 heterocycles. The van der Waals surface area contributed by atoms with Gasteiger partial charge in [-0.1, -0.05) is 37.6 Å². The molecule has 0 amide bonds. The average molecular weight is 323 g/mol. The van der Waals surface area contributed by atoms with Crippen LogP contribution in [0.2, 0.25) is 5.02 Å². The molecule has 1 aromatic carbocycles. The van der Waals surface area contributed by atoms with Crippen molar-refractivity contribution >= 4 is 23.4 Å². The van der Waals surface area contributed by atoms with Crippen molar-refractivity contribution in [3.63, 3.8) is 0 Å². The van der Waals surface area contributed by atoms with E-state index in [1.165, 1.54) is 0 Å². The zero-order valence-electron chi connectivity index (χ0n) is 12.4. The Hall–Kier alpha value is -1.23. The number of ether oxygens (including phenoxy) is 1. The van der Waals surface area contributed by atoms with Crippen LogP contribution in [0.3, 0.4) is 0 Å². The Morgan fingerprint density at radius 1 is 1.33 bits per heavy atom. The number of nitrogens with one attached hydrogen (secondary N) is 1. The Morgan fingerprint density at radius 3 is 2.81 bits per heavy atom. The summed E-state index contributed by atoms with van der Waals surface area (Å²) in [5.74, 6) is 1.36. The Balaban J connectivity index is 2.18. The monoisotopic (exact) mass is 322 g/mol. The lowest BCUT2D eigenvalue weighted by atomic mass is 10.2. The van der Waals surface area contributed by atoms with E-state index in [1.807, 2.05) is 36.6 Å². The normalized spacial score (nSPS) is 10.9. The molecule has 2 aromatic rings. The number of hydrogen-bond acceptors (Lipinski definition) is 4. The smallest absolute Gasteiger partial charge is 0.219 e. The van der Waals surface area contributed by atoms with Gasteiger partial charge in [0.05, 0.1) is 5.02 Å². The minimum atomic E-state index is 0.399. The van der Waals surface area contributed by atoms with E-state index in [0.29, 0.717) is 23.5 Å². The highest BCUT2D eigenvalue weighted by atomic mass is 35.5. The maximum atomic E-state index is 6.18. The van der Waals surface area contributed by atoms with E-state index in [0.717, 1.165) is 16.2 Å². The van der Waals surface area contributed by atoms with Gasteiger partial charge in [-0.2, -0.15) is 0 Å². The molecule has 2 rings (SSSR count).